The van der Waals surface area contributed by atoms with Crippen molar-refractivity contribution in [2.75, 3.05) is 6.54 Å². The number of alkyl halides is 3. The highest BCUT2D eigenvalue weighted by atomic mass is 19.4. The van der Waals surface area contributed by atoms with Crippen LogP contribution in [0.25, 0.3) is 11.3 Å². The minimum atomic E-state index is -4.75. The lowest BCUT2D eigenvalue weighted by molar-refractivity contribution is -0.274. The van der Waals surface area contributed by atoms with Gasteiger partial charge in [0.25, 0.3) is 0 Å². The highest BCUT2D eigenvalue weighted by Gasteiger charge is 2.36. The zero-order chi connectivity index (χ0) is 20.4. The molecular formula is C18H19F3N4O3. The normalized spacial score (nSPS) is 22.1. The lowest BCUT2D eigenvalue weighted by atomic mass is 10.0. The smallest absolute Gasteiger partial charge is 0.406 e. The van der Waals surface area contributed by atoms with Crippen LogP contribution in [0.15, 0.2) is 36.7 Å². The fourth-order valence-corrected chi connectivity index (χ4v) is 2.89. The molecule has 0 spiro atoms. The maximum Gasteiger partial charge on any atom is 0.573 e. The summed E-state index contributed by atoms with van der Waals surface area (Å²) in [6.45, 7) is 2.16. The number of benzene rings is 1. The zero-order valence-electron chi connectivity index (χ0n) is 15.0. The van der Waals surface area contributed by atoms with Gasteiger partial charge in [-0.15, -0.1) is 13.2 Å². The minimum absolute atomic E-state index is 0.157. The van der Waals surface area contributed by atoms with Crippen molar-refractivity contribution in [2.45, 2.75) is 37.9 Å². The van der Waals surface area contributed by atoms with Gasteiger partial charge in [0.15, 0.2) is 0 Å². The Kier molecular flexibility index (Phi) is 5.52. The third kappa shape index (κ3) is 5.40. The van der Waals surface area contributed by atoms with E-state index in [2.05, 4.69) is 25.3 Å². The van der Waals surface area contributed by atoms with Crippen LogP contribution in [0, 0.1) is 0 Å². The van der Waals surface area contributed by atoms with Crippen molar-refractivity contribution in [3.8, 4) is 17.0 Å². The highest BCUT2D eigenvalue weighted by molar-refractivity contribution is 5.82. The van der Waals surface area contributed by atoms with E-state index in [4.69, 9.17) is 0 Å². The molecule has 1 aliphatic rings. The van der Waals surface area contributed by atoms with Gasteiger partial charge in [0.1, 0.15) is 12.1 Å². The second-order valence-corrected chi connectivity index (χ2v) is 6.82. The Bertz CT molecular complexity index is 841. The van der Waals surface area contributed by atoms with Crippen LogP contribution in [-0.4, -0.2) is 45.5 Å². The summed E-state index contributed by atoms with van der Waals surface area (Å²) >= 11 is 0. The Balaban J connectivity index is 1.62. The Morgan fingerprint density at radius 1 is 1.36 bits per heavy atom. The van der Waals surface area contributed by atoms with Crippen molar-refractivity contribution in [1.82, 2.24) is 20.6 Å². The predicted octanol–water partition coefficient (Wildman–Crippen LogP) is 1.77. The summed E-state index contributed by atoms with van der Waals surface area (Å²) in [5.74, 6) is -0.565. The molecule has 2 atom stereocenters. The van der Waals surface area contributed by atoms with E-state index in [1.165, 1.54) is 30.6 Å². The van der Waals surface area contributed by atoms with Crippen LogP contribution in [0.1, 0.15) is 19.0 Å². The monoisotopic (exact) mass is 396 g/mol. The molecule has 3 N–H and O–H groups in total. The van der Waals surface area contributed by atoms with Crippen LogP contribution in [-0.2, 0) is 11.3 Å². The zero-order valence-corrected chi connectivity index (χ0v) is 15.0. The van der Waals surface area contributed by atoms with Crippen molar-refractivity contribution in [1.29, 1.82) is 0 Å². The highest BCUT2D eigenvalue weighted by Crippen LogP contribution is 2.25. The Hall–Kier alpha value is -2.72. The third-order valence-electron chi connectivity index (χ3n) is 4.24. The summed E-state index contributed by atoms with van der Waals surface area (Å²) < 4.78 is 40.5. The van der Waals surface area contributed by atoms with Gasteiger partial charge in [-0.2, -0.15) is 0 Å². The van der Waals surface area contributed by atoms with Gasteiger partial charge in [-0.25, -0.2) is 9.97 Å². The fourth-order valence-electron chi connectivity index (χ4n) is 2.89. The van der Waals surface area contributed by atoms with Gasteiger partial charge in [0.05, 0.1) is 29.6 Å². The molecule has 10 heteroatoms. The van der Waals surface area contributed by atoms with Crippen LogP contribution < -0.4 is 15.4 Å². The van der Waals surface area contributed by atoms with Crippen LogP contribution in [0.5, 0.6) is 5.75 Å². The van der Waals surface area contributed by atoms with Gasteiger partial charge >= 0.3 is 6.36 Å². The summed E-state index contributed by atoms with van der Waals surface area (Å²) in [6, 6.07) is 6.47. The summed E-state index contributed by atoms with van der Waals surface area (Å²) in [7, 11) is 0. The minimum Gasteiger partial charge on any atom is -0.406 e. The molecular weight excluding hydrogens is 377 g/mol. The molecule has 1 aromatic carbocycles. The van der Waals surface area contributed by atoms with E-state index in [0.717, 1.165) is 0 Å². The molecule has 3 rings (SSSR count). The molecule has 28 heavy (non-hydrogen) atoms. The number of halogens is 3. The van der Waals surface area contributed by atoms with Crippen molar-refractivity contribution in [2.24, 2.45) is 0 Å². The first-order valence-corrected chi connectivity index (χ1v) is 8.52. The largest absolute Gasteiger partial charge is 0.573 e. The number of carbonyl (C=O) groups is 1. The average Bonchev–Trinajstić information content (AvgIpc) is 2.99. The molecule has 150 valence electrons. The van der Waals surface area contributed by atoms with E-state index < -0.39 is 18.0 Å². The summed E-state index contributed by atoms with van der Waals surface area (Å²) in [6.07, 6.45) is -3.11. The second kappa shape index (κ2) is 7.72. The number of hydrogen-bond donors (Lipinski definition) is 3. The second-order valence-electron chi connectivity index (χ2n) is 6.82. The first-order valence-electron chi connectivity index (χ1n) is 8.52. The SMILES string of the molecule is CC1(O)CN[C@H](C(=O)NCc2cc(-c3ccc(OC(F)(F)F)cc3)ncn2)C1. The number of β-amino-alcohol motifs (C(OH)–C–C–N with tert-alkyl or cyclic N) is 1. The molecule has 2 aromatic rings. The lowest BCUT2D eigenvalue weighted by Crippen LogP contribution is -2.40. The van der Waals surface area contributed by atoms with E-state index in [0.29, 0.717) is 29.9 Å². The van der Waals surface area contributed by atoms with Crippen LogP contribution >= 0.6 is 0 Å². The maximum absolute atomic E-state index is 12.2. The van der Waals surface area contributed by atoms with Crippen LogP contribution in [0.2, 0.25) is 0 Å². The molecule has 1 fully saturated rings. The number of rotatable bonds is 5. The van der Waals surface area contributed by atoms with Gasteiger partial charge < -0.3 is 20.5 Å². The molecule has 2 heterocycles. The van der Waals surface area contributed by atoms with Crippen LogP contribution in [0.4, 0.5) is 13.2 Å². The topological polar surface area (TPSA) is 96.4 Å². The van der Waals surface area contributed by atoms with E-state index in [1.807, 2.05) is 0 Å². The van der Waals surface area contributed by atoms with Gasteiger partial charge in [-0.1, -0.05) is 0 Å². The number of aromatic nitrogens is 2. The lowest BCUT2D eigenvalue weighted by Gasteiger charge is -2.14. The molecule has 1 unspecified atom stereocenters. The van der Waals surface area contributed by atoms with Crippen molar-refractivity contribution >= 4 is 5.91 Å². The van der Waals surface area contributed by atoms with Crippen molar-refractivity contribution in [3.05, 3.63) is 42.4 Å². The molecule has 0 saturated carbocycles. The molecule has 0 aliphatic carbocycles. The van der Waals surface area contributed by atoms with Crippen molar-refractivity contribution in [3.63, 3.8) is 0 Å². The first kappa shape index (κ1) is 20.0. The van der Waals surface area contributed by atoms with Gasteiger partial charge in [0.2, 0.25) is 5.91 Å². The first-order chi connectivity index (χ1) is 13.1. The summed E-state index contributed by atoms with van der Waals surface area (Å²) in [5, 5.41) is 15.6. The number of amides is 1. The third-order valence-corrected chi connectivity index (χ3v) is 4.24. The maximum atomic E-state index is 12.2. The summed E-state index contributed by atoms with van der Waals surface area (Å²) in [5.41, 5.74) is 0.711. The molecule has 1 amide bonds. The van der Waals surface area contributed by atoms with Crippen LogP contribution in [0.3, 0.4) is 0 Å². The van der Waals surface area contributed by atoms with E-state index in [1.54, 1.807) is 13.0 Å². The van der Waals surface area contributed by atoms with Gasteiger partial charge in [-0.05, 0) is 37.3 Å². The Labute approximate surface area is 159 Å². The van der Waals surface area contributed by atoms with E-state index >= 15 is 0 Å². The number of hydrogen-bond acceptors (Lipinski definition) is 6. The Morgan fingerprint density at radius 2 is 2.07 bits per heavy atom. The Morgan fingerprint density at radius 3 is 2.68 bits per heavy atom. The van der Waals surface area contributed by atoms with E-state index in [9.17, 15) is 23.1 Å². The average molecular weight is 396 g/mol. The number of nitrogens with one attached hydrogen (secondary N) is 2. The standard InChI is InChI=1S/C18H19F3N4O3/c1-17(27)7-15(23-9-17)16(26)22-8-12-6-14(25-10-24-12)11-2-4-13(5-3-11)28-18(19,20)21/h2-6,10,15,23,27H,7-9H2,1H3,(H,22,26)/t15-,17?/m0/s1. The summed E-state index contributed by atoms with van der Waals surface area (Å²) in [4.78, 5) is 20.4. The van der Waals surface area contributed by atoms with Gasteiger partial charge in [0, 0.05) is 18.5 Å². The molecule has 1 aliphatic heterocycles. The molecule has 0 radical (unpaired) electrons. The molecule has 7 nitrogen and oxygen atoms in total. The number of nitrogens with zero attached hydrogens (tertiary/aromatic N) is 2. The molecule has 1 aromatic heterocycles. The molecule has 1 saturated heterocycles. The quantitative estimate of drug-likeness (QED) is 0.713. The number of aliphatic hydroxyl groups is 1. The predicted molar refractivity (Wildman–Crippen MR) is 93.0 cm³/mol. The van der Waals surface area contributed by atoms with Crippen molar-refractivity contribution < 1.29 is 27.8 Å². The van der Waals surface area contributed by atoms with E-state index in [-0.39, 0.29) is 18.2 Å². The fraction of sp³-hybridized carbons (Fsp3) is 0.389. The number of ether oxygens (including phenoxy) is 1. The number of carbonyl (C=O) groups excluding carboxylic acids is 1. The van der Waals surface area contributed by atoms with Gasteiger partial charge in [-0.3, -0.25) is 4.79 Å². The molecule has 0 bridgehead atoms.